The Morgan fingerprint density at radius 3 is 2.78 bits per heavy atom. The highest BCUT2D eigenvalue weighted by Gasteiger charge is 2.32. The van der Waals surface area contributed by atoms with Gasteiger partial charge in [-0.3, -0.25) is 0 Å². The second-order valence-corrected chi connectivity index (χ2v) is 6.44. The number of rotatable bonds is 4. The predicted octanol–water partition coefficient (Wildman–Crippen LogP) is 3.08. The van der Waals surface area contributed by atoms with E-state index in [0.717, 1.165) is 16.3 Å². The smallest absolute Gasteiger partial charge is 0.317 e. The third-order valence-electron chi connectivity index (χ3n) is 4.60. The van der Waals surface area contributed by atoms with Crippen molar-refractivity contribution in [2.75, 3.05) is 13.1 Å². The zero-order chi connectivity index (χ0) is 18.6. The van der Waals surface area contributed by atoms with Crippen molar-refractivity contribution < 1.29 is 9.53 Å². The molecule has 1 saturated heterocycles. The van der Waals surface area contributed by atoms with Crippen molar-refractivity contribution in [3.63, 3.8) is 0 Å². The number of ether oxygens (including phenoxy) is 1. The lowest BCUT2D eigenvalue weighted by molar-refractivity contribution is 0.0413. The molecule has 1 aliphatic heterocycles. The van der Waals surface area contributed by atoms with E-state index in [0.29, 0.717) is 31.1 Å². The summed E-state index contributed by atoms with van der Waals surface area (Å²) in [5.41, 5.74) is 1.59. The van der Waals surface area contributed by atoms with E-state index in [1.807, 2.05) is 30.3 Å². The van der Waals surface area contributed by atoms with Gasteiger partial charge in [0.2, 0.25) is 5.88 Å². The normalized spacial score (nSPS) is 13.7. The molecule has 0 bridgehead atoms. The molecule has 134 valence electrons. The Morgan fingerprint density at radius 1 is 1.19 bits per heavy atom. The Labute approximate surface area is 157 Å². The minimum Gasteiger partial charge on any atom is -0.471 e. The quantitative estimate of drug-likeness (QED) is 0.777. The van der Waals surface area contributed by atoms with Crippen molar-refractivity contribution in [2.24, 2.45) is 0 Å². The number of carbonyl (C=O) groups excluding carboxylic acids is 1. The molecule has 0 radical (unpaired) electrons. The van der Waals surface area contributed by atoms with Crippen molar-refractivity contribution in [1.29, 1.82) is 5.26 Å². The van der Waals surface area contributed by atoms with Crippen LogP contribution in [-0.2, 0) is 6.54 Å². The van der Waals surface area contributed by atoms with Crippen LogP contribution in [-0.4, -0.2) is 35.1 Å². The van der Waals surface area contributed by atoms with Crippen LogP contribution in [0.15, 0.2) is 60.8 Å². The number of nitrogens with zero attached hydrogens (tertiary/aromatic N) is 3. The van der Waals surface area contributed by atoms with Gasteiger partial charge in [0, 0.05) is 18.8 Å². The summed E-state index contributed by atoms with van der Waals surface area (Å²) in [6.07, 6.45) is 1.40. The summed E-state index contributed by atoms with van der Waals surface area (Å²) in [5, 5.41) is 14.1. The summed E-state index contributed by atoms with van der Waals surface area (Å²) in [6, 6.07) is 19.5. The van der Waals surface area contributed by atoms with Gasteiger partial charge in [-0.2, -0.15) is 5.26 Å². The van der Waals surface area contributed by atoms with E-state index < -0.39 is 0 Å². The molecular formula is C21H18N4O2. The molecule has 0 atom stereocenters. The number of nitrogens with one attached hydrogen (secondary N) is 1. The number of carbonyl (C=O) groups is 1. The first-order chi connectivity index (χ1) is 13.2. The molecule has 6 nitrogen and oxygen atoms in total. The second-order valence-electron chi connectivity index (χ2n) is 6.44. The molecule has 2 aromatic carbocycles. The van der Waals surface area contributed by atoms with E-state index in [1.165, 1.54) is 6.20 Å². The lowest BCUT2D eigenvalue weighted by Gasteiger charge is -2.38. The Balaban J connectivity index is 1.28. The summed E-state index contributed by atoms with van der Waals surface area (Å²) in [4.78, 5) is 18.1. The molecule has 3 aromatic rings. The minimum atomic E-state index is -0.101. The highest BCUT2D eigenvalue weighted by Crippen LogP contribution is 2.19. The Morgan fingerprint density at radius 2 is 2.00 bits per heavy atom. The van der Waals surface area contributed by atoms with Crippen LogP contribution in [0.25, 0.3) is 10.8 Å². The van der Waals surface area contributed by atoms with Crippen LogP contribution in [0.2, 0.25) is 0 Å². The maximum atomic E-state index is 12.3. The molecule has 1 aliphatic rings. The van der Waals surface area contributed by atoms with Crippen molar-refractivity contribution >= 4 is 16.8 Å². The molecule has 1 N–H and O–H groups in total. The van der Waals surface area contributed by atoms with Gasteiger partial charge in [-0.05, 0) is 22.4 Å². The summed E-state index contributed by atoms with van der Waals surface area (Å²) < 4.78 is 5.71. The summed E-state index contributed by atoms with van der Waals surface area (Å²) in [7, 11) is 0. The average Bonchev–Trinajstić information content (AvgIpc) is 2.69. The predicted molar refractivity (Wildman–Crippen MR) is 101 cm³/mol. The number of fused-ring (bicyclic) bond motifs is 1. The molecule has 0 spiro atoms. The summed E-state index contributed by atoms with van der Waals surface area (Å²) in [6.45, 7) is 1.52. The second kappa shape index (κ2) is 7.34. The third-order valence-corrected chi connectivity index (χ3v) is 4.60. The van der Waals surface area contributed by atoms with Gasteiger partial charge in [-0.1, -0.05) is 42.5 Å². The van der Waals surface area contributed by atoms with Crippen LogP contribution >= 0.6 is 0 Å². The first kappa shape index (κ1) is 16.9. The fourth-order valence-corrected chi connectivity index (χ4v) is 3.09. The van der Waals surface area contributed by atoms with Crippen LogP contribution in [0.1, 0.15) is 11.1 Å². The van der Waals surface area contributed by atoms with Crippen molar-refractivity contribution in [1.82, 2.24) is 15.2 Å². The van der Waals surface area contributed by atoms with Crippen molar-refractivity contribution in [3.05, 3.63) is 71.9 Å². The van der Waals surface area contributed by atoms with Crippen LogP contribution in [0.4, 0.5) is 4.79 Å². The Bertz CT molecular complexity index is 999. The molecule has 2 amide bonds. The fraction of sp³-hybridized carbons (Fsp3) is 0.190. The molecule has 1 aromatic heterocycles. The van der Waals surface area contributed by atoms with E-state index >= 15 is 0 Å². The Kier molecular flexibility index (Phi) is 4.58. The number of aromatic nitrogens is 1. The highest BCUT2D eigenvalue weighted by atomic mass is 16.5. The topological polar surface area (TPSA) is 78.2 Å². The summed E-state index contributed by atoms with van der Waals surface area (Å²) >= 11 is 0. The molecular weight excluding hydrogens is 340 g/mol. The van der Waals surface area contributed by atoms with Gasteiger partial charge in [-0.25, -0.2) is 9.78 Å². The van der Waals surface area contributed by atoms with Gasteiger partial charge in [0.25, 0.3) is 0 Å². The molecule has 0 saturated carbocycles. The first-order valence-electron chi connectivity index (χ1n) is 8.75. The third kappa shape index (κ3) is 3.67. The largest absolute Gasteiger partial charge is 0.471 e. The van der Waals surface area contributed by atoms with Gasteiger partial charge in [-0.15, -0.1) is 0 Å². The maximum Gasteiger partial charge on any atom is 0.317 e. The number of nitriles is 1. The first-order valence-corrected chi connectivity index (χ1v) is 8.75. The van der Waals surface area contributed by atoms with Gasteiger partial charge in [0.15, 0.2) is 0 Å². The van der Waals surface area contributed by atoms with Crippen molar-refractivity contribution in [2.45, 2.75) is 12.6 Å². The molecule has 27 heavy (non-hydrogen) atoms. The maximum absolute atomic E-state index is 12.3. The van der Waals surface area contributed by atoms with E-state index in [1.54, 1.807) is 17.0 Å². The number of amides is 2. The summed E-state index contributed by atoms with van der Waals surface area (Å²) in [5.74, 6) is 0.467. The van der Waals surface area contributed by atoms with E-state index in [-0.39, 0.29) is 12.1 Å². The fourth-order valence-electron chi connectivity index (χ4n) is 3.09. The number of benzene rings is 2. The lowest BCUT2D eigenvalue weighted by atomic mass is 10.0. The number of pyridine rings is 1. The van der Waals surface area contributed by atoms with Crippen LogP contribution in [0.5, 0.6) is 5.88 Å². The monoisotopic (exact) mass is 358 g/mol. The lowest BCUT2D eigenvalue weighted by Crippen LogP contribution is -2.58. The zero-order valence-corrected chi connectivity index (χ0v) is 14.6. The standard InChI is InChI=1S/C21H18N4O2/c22-10-15-8-9-20(23-11-15)27-18-13-25(14-18)21(26)24-12-17-6-3-5-16-4-1-2-7-19(16)17/h1-9,11,18H,12-14H2,(H,24,26). The molecule has 4 rings (SSSR count). The van der Waals surface area contributed by atoms with Crippen LogP contribution in [0.3, 0.4) is 0 Å². The number of hydrogen-bond donors (Lipinski definition) is 1. The van der Waals surface area contributed by atoms with Gasteiger partial charge >= 0.3 is 6.03 Å². The van der Waals surface area contributed by atoms with E-state index in [9.17, 15) is 4.79 Å². The van der Waals surface area contributed by atoms with Crippen molar-refractivity contribution in [3.8, 4) is 11.9 Å². The Hall–Kier alpha value is -3.59. The zero-order valence-electron chi connectivity index (χ0n) is 14.6. The molecule has 0 unspecified atom stereocenters. The molecule has 1 fully saturated rings. The van der Waals surface area contributed by atoms with Gasteiger partial charge < -0.3 is 15.0 Å². The molecule has 2 heterocycles. The van der Waals surface area contributed by atoms with Crippen LogP contribution < -0.4 is 10.1 Å². The van der Waals surface area contributed by atoms with E-state index in [2.05, 4.69) is 28.5 Å². The molecule has 6 heteroatoms. The number of hydrogen-bond acceptors (Lipinski definition) is 4. The number of urea groups is 1. The van der Waals surface area contributed by atoms with E-state index in [4.69, 9.17) is 10.00 Å². The minimum absolute atomic E-state index is 0.0752. The van der Waals surface area contributed by atoms with Gasteiger partial charge in [0.1, 0.15) is 12.2 Å². The average molecular weight is 358 g/mol. The van der Waals surface area contributed by atoms with Crippen LogP contribution in [0, 0.1) is 11.3 Å². The SMILES string of the molecule is N#Cc1ccc(OC2CN(C(=O)NCc3cccc4ccccc34)C2)nc1. The van der Waals surface area contributed by atoms with Gasteiger partial charge in [0.05, 0.1) is 18.7 Å². The molecule has 0 aliphatic carbocycles. The number of likely N-dealkylation sites (tertiary alicyclic amines) is 1. The highest BCUT2D eigenvalue weighted by molar-refractivity contribution is 5.86.